The van der Waals surface area contributed by atoms with E-state index in [4.69, 9.17) is 11.6 Å². The molecule has 1 heterocycles. The molecular formula is C19H21ClFN3O. The normalized spacial score (nSPS) is 14.6. The number of amides is 1. The third kappa shape index (κ3) is 4.71. The quantitative estimate of drug-likeness (QED) is 0.889. The molecule has 1 N–H and O–H groups in total. The van der Waals surface area contributed by atoms with Gasteiger partial charge in [-0.15, -0.1) is 0 Å². The summed E-state index contributed by atoms with van der Waals surface area (Å²) in [6, 6.07) is 14.3. The highest BCUT2D eigenvalue weighted by molar-refractivity contribution is 6.30. The molecule has 25 heavy (non-hydrogen) atoms. The zero-order valence-electron chi connectivity index (χ0n) is 13.9. The van der Waals surface area contributed by atoms with Crippen molar-refractivity contribution in [2.75, 3.05) is 37.6 Å². The Morgan fingerprint density at radius 3 is 2.56 bits per heavy atom. The van der Waals surface area contributed by atoms with Crippen molar-refractivity contribution < 1.29 is 9.18 Å². The van der Waals surface area contributed by atoms with Gasteiger partial charge in [-0.2, -0.15) is 0 Å². The monoisotopic (exact) mass is 361 g/mol. The zero-order valence-corrected chi connectivity index (χ0v) is 14.7. The van der Waals surface area contributed by atoms with E-state index in [0.717, 1.165) is 18.8 Å². The molecule has 0 unspecified atom stereocenters. The summed E-state index contributed by atoms with van der Waals surface area (Å²) < 4.78 is 13.6. The van der Waals surface area contributed by atoms with Crippen LogP contribution in [0.1, 0.15) is 5.56 Å². The molecule has 1 aliphatic rings. The summed E-state index contributed by atoms with van der Waals surface area (Å²) in [4.78, 5) is 16.4. The first kappa shape index (κ1) is 17.7. The van der Waals surface area contributed by atoms with E-state index in [-0.39, 0.29) is 18.3 Å². The first-order valence-corrected chi connectivity index (χ1v) is 8.74. The average Bonchev–Trinajstić information content (AvgIpc) is 2.63. The lowest BCUT2D eigenvalue weighted by molar-refractivity contribution is -0.130. The predicted octanol–water partition coefficient (Wildman–Crippen LogP) is 2.92. The molecule has 2 aromatic carbocycles. The average molecular weight is 362 g/mol. The van der Waals surface area contributed by atoms with Crippen molar-refractivity contribution in [3.63, 3.8) is 0 Å². The van der Waals surface area contributed by atoms with E-state index in [2.05, 4.69) is 10.2 Å². The van der Waals surface area contributed by atoms with E-state index in [1.165, 1.54) is 6.07 Å². The van der Waals surface area contributed by atoms with Gasteiger partial charge in [0.2, 0.25) is 5.91 Å². The summed E-state index contributed by atoms with van der Waals surface area (Å²) in [5.74, 6) is -0.209. The van der Waals surface area contributed by atoms with Crippen molar-refractivity contribution in [1.82, 2.24) is 10.2 Å². The van der Waals surface area contributed by atoms with E-state index in [0.29, 0.717) is 30.2 Å². The lowest BCUT2D eigenvalue weighted by Crippen LogP contribution is -2.50. The van der Waals surface area contributed by atoms with Gasteiger partial charge in [0.1, 0.15) is 5.82 Å². The number of carbonyl (C=O) groups is 1. The summed E-state index contributed by atoms with van der Waals surface area (Å²) in [5, 5.41) is 3.74. The fraction of sp³-hybridized carbons (Fsp3) is 0.316. The smallest absolute Gasteiger partial charge is 0.236 e. The molecule has 4 nitrogen and oxygen atoms in total. The van der Waals surface area contributed by atoms with Gasteiger partial charge in [0, 0.05) is 49.0 Å². The third-order valence-corrected chi connectivity index (χ3v) is 4.59. The first-order chi connectivity index (χ1) is 12.1. The Labute approximate surface area is 152 Å². The number of hydrogen-bond acceptors (Lipinski definition) is 3. The second-order valence-corrected chi connectivity index (χ2v) is 6.48. The lowest BCUT2D eigenvalue weighted by atomic mass is 10.2. The molecule has 0 spiro atoms. The molecule has 6 heteroatoms. The summed E-state index contributed by atoms with van der Waals surface area (Å²) in [5.41, 5.74) is 1.65. The Bertz CT molecular complexity index is 732. The molecule has 0 radical (unpaired) electrons. The fourth-order valence-electron chi connectivity index (χ4n) is 2.94. The minimum absolute atomic E-state index is 0.0436. The molecule has 3 rings (SSSR count). The number of carbonyl (C=O) groups excluding carboxylic acids is 1. The molecular weight excluding hydrogens is 341 g/mol. The number of piperazine rings is 1. The molecule has 132 valence electrons. The van der Waals surface area contributed by atoms with E-state index in [9.17, 15) is 9.18 Å². The van der Waals surface area contributed by atoms with E-state index >= 15 is 0 Å². The summed E-state index contributed by atoms with van der Waals surface area (Å²) in [6.07, 6.45) is 0. The van der Waals surface area contributed by atoms with Crippen molar-refractivity contribution in [3.05, 3.63) is 64.9 Å². The topological polar surface area (TPSA) is 35.6 Å². The zero-order chi connectivity index (χ0) is 17.6. The number of nitrogens with one attached hydrogen (secondary N) is 1. The second-order valence-electron chi connectivity index (χ2n) is 6.04. The van der Waals surface area contributed by atoms with Crippen LogP contribution in [0.25, 0.3) is 0 Å². The lowest BCUT2D eigenvalue weighted by Gasteiger charge is -2.36. The van der Waals surface area contributed by atoms with Crippen LogP contribution in [0.15, 0.2) is 48.5 Å². The maximum atomic E-state index is 13.6. The molecule has 0 saturated carbocycles. The van der Waals surface area contributed by atoms with Crippen molar-refractivity contribution in [1.29, 1.82) is 0 Å². The molecule has 0 aromatic heterocycles. The molecule has 1 fully saturated rings. The first-order valence-electron chi connectivity index (χ1n) is 8.36. The van der Waals surface area contributed by atoms with Gasteiger partial charge in [0.05, 0.1) is 6.54 Å². The Morgan fingerprint density at radius 1 is 1.08 bits per heavy atom. The highest BCUT2D eigenvalue weighted by Crippen LogP contribution is 2.20. The van der Waals surface area contributed by atoms with Crippen LogP contribution in [0.5, 0.6) is 0 Å². The minimum atomic E-state index is -0.252. The summed E-state index contributed by atoms with van der Waals surface area (Å²) in [6.45, 7) is 3.46. The SMILES string of the molecule is O=C(CNCc1ccccc1F)N1CCN(c2cccc(Cl)c2)CC1. The number of benzene rings is 2. The van der Waals surface area contributed by atoms with Crippen LogP contribution in [0.3, 0.4) is 0 Å². The van der Waals surface area contributed by atoms with Crippen LogP contribution in [0, 0.1) is 5.82 Å². The molecule has 1 amide bonds. The Balaban J connectivity index is 1.45. The van der Waals surface area contributed by atoms with Crippen molar-refractivity contribution in [3.8, 4) is 0 Å². The Hall–Kier alpha value is -2.11. The second kappa shape index (κ2) is 8.32. The van der Waals surface area contributed by atoms with Crippen LogP contribution in [0.4, 0.5) is 10.1 Å². The molecule has 0 bridgehead atoms. The van der Waals surface area contributed by atoms with Crippen LogP contribution in [-0.2, 0) is 11.3 Å². The van der Waals surface area contributed by atoms with Gasteiger partial charge in [-0.05, 0) is 24.3 Å². The predicted molar refractivity (Wildman–Crippen MR) is 98.4 cm³/mol. The van der Waals surface area contributed by atoms with Gasteiger partial charge < -0.3 is 15.1 Å². The molecule has 1 saturated heterocycles. The van der Waals surface area contributed by atoms with E-state index < -0.39 is 0 Å². The number of anilines is 1. The highest BCUT2D eigenvalue weighted by Gasteiger charge is 2.21. The van der Waals surface area contributed by atoms with Crippen LogP contribution >= 0.6 is 11.6 Å². The van der Waals surface area contributed by atoms with Gasteiger partial charge in [-0.3, -0.25) is 4.79 Å². The van der Waals surface area contributed by atoms with Gasteiger partial charge in [0.15, 0.2) is 0 Å². The molecule has 2 aromatic rings. The number of hydrogen-bond donors (Lipinski definition) is 1. The molecule has 0 aliphatic carbocycles. The van der Waals surface area contributed by atoms with Gasteiger partial charge >= 0.3 is 0 Å². The largest absolute Gasteiger partial charge is 0.368 e. The van der Waals surface area contributed by atoms with Gasteiger partial charge in [-0.25, -0.2) is 4.39 Å². The van der Waals surface area contributed by atoms with Crippen molar-refractivity contribution in [2.24, 2.45) is 0 Å². The van der Waals surface area contributed by atoms with Gasteiger partial charge in [0.25, 0.3) is 0 Å². The van der Waals surface area contributed by atoms with E-state index in [1.807, 2.05) is 29.2 Å². The molecule has 1 aliphatic heterocycles. The van der Waals surface area contributed by atoms with Gasteiger partial charge in [-0.1, -0.05) is 35.9 Å². The molecule has 0 atom stereocenters. The van der Waals surface area contributed by atoms with E-state index in [1.54, 1.807) is 18.2 Å². The maximum absolute atomic E-state index is 13.6. The minimum Gasteiger partial charge on any atom is -0.368 e. The van der Waals surface area contributed by atoms with Crippen molar-refractivity contribution in [2.45, 2.75) is 6.54 Å². The van der Waals surface area contributed by atoms with Crippen LogP contribution in [0.2, 0.25) is 5.02 Å². The number of nitrogens with zero attached hydrogens (tertiary/aromatic N) is 2. The van der Waals surface area contributed by atoms with Crippen molar-refractivity contribution >= 4 is 23.2 Å². The fourth-order valence-corrected chi connectivity index (χ4v) is 3.13. The van der Waals surface area contributed by atoms with Crippen LogP contribution in [-0.4, -0.2) is 43.5 Å². The summed E-state index contributed by atoms with van der Waals surface area (Å²) >= 11 is 6.04. The van der Waals surface area contributed by atoms with Crippen LogP contribution < -0.4 is 10.2 Å². The number of halogens is 2. The number of rotatable bonds is 5. The standard InChI is InChI=1S/C19H21ClFN3O/c20-16-5-3-6-17(12-16)23-8-10-24(11-9-23)19(25)14-22-13-15-4-1-2-7-18(15)21/h1-7,12,22H,8-11,13-14H2. The summed E-state index contributed by atoms with van der Waals surface area (Å²) in [7, 11) is 0. The maximum Gasteiger partial charge on any atom is 0.236 e. The Kier molecular flexibility index (Phi) is 5.89. The third-order valence-electron chi connectivity index (χ3n) is 4.36. The Morgan fingerprint density at radius 2 is 1.84 bits per heavy atom. The highest BCUT2D eigenvalue weighted by atomic mass is 35.5.